The number of rotatable bonds is 2. The molecule has 0 radical (unpaired) electrons. The van der Waals surface area contributed by atoms with E-state index < -0.39 is 8.07 Å². The third-order valence-corrected chi connectivity index (χ3v) is 4.98. The fourth-order valence-electron chi connectivity index (χ4n) is 1.90. The summed E-state index contributed by atoms with van der Waals surface area (Å²) in [6.07, 6.45) is 1.18. The Morgan fingerprint density at radius 1 is 1.06 bits per heavy atom. The number of benzene rings is 1. The van der Waals surface area contributed by atoms with Gasteiger partial charge in [0.25, 0.3) is 0 Å². The topological polar surface area (TPSA) is 0 Å². The van der Waals surface area contributed by atoms with E-state index in [0.717, 1.165) is 0 Å². The number of aryl methyl sites for hydroxylation is 1. The van der Waals surface area contributed by atoms with Crippen LogP contribution in [0.5, 0.6) is 0 Å². The molecular weight excluding hydrogens is 208 g/mol. The molecule has 0 amide bonds. The zero-order valence-electron chi connectivity index (χ0n) is 11.9. The van der Waals surface area contributed by atoms with Crippen molar-refractivity contribution in [3.63, 3.8) is 0 Å². The van der Waals surface area contributed by atoms with Crippen LogP contribution in [0.15, 0.2) is 18.2 Å². The first-order chi connectivity index (χ1) is 7.09. The van der Waals surface area contributed by atoms with Crippen LogP contribution in [0.25, 0.3) is 0 Å². The second kappa shape index (κ2) is 4.36. The molecule has 0 unspecified atom stereocenters. The van der Waals surface area contributed by atoms with Gasteiger partial charge in [0.05, 0.1) is 8.07 Å². The van der Waals surface area contributed by atoms with Crippen molar-refractivity contribution in [2.45, 2.75) is 53.8 Å². The Morgan fingerprint density at radius 2 is 1.62 bits per heavy atom. The Kier molecular flexibility index (Phi) is 3.68. The van der Waals surface area contributed by atoms with Crippen molar-refractivity contribution in [2.75, 3.05) is 0 Å². The lowest BCUT2D eigenvalue weighted by molar-refractivity contribution is 0.410. The minimum Gasteiger partial charge on any atom is -0.0656 e. The van der Waals surface area contributed by atoms with Gasteiger partial charge in [0.15, 0.2) is 0 Å². The van der Waals surface area contributed by atoms with Crippen molar-refractivity contribution < 1.29 is 0 Å². The molecule has 0 nitrogen and oxygen atoms in total. The first-order valence-electron chi connectivity index (χ1n) is 6.20. The average molecular weight is 234 g/mol. The summed E-state index contributed by atoms with van der Waals surface area (Å²) in [6, 6.07) is 7.08. The van der Waals surface area contributed by atoms with Gasteiger partial charge in [-0.3, -0.25) is 0 Å². The maximum atomic E-state index is 2.45. The third-order valence-electron chi connectivity index (χ3n) is 2.94. The molecule has 0 atom stereocenters. The summed E-state index contributed by atoms with van der Waals surface area (Å²) in [5, 5.41) is 1.58. The lowest BCUT2D eigenvalue weighted by atomic mass is 9.86. The van der Waals surface area contributed by atoms with E-state index >= 15 is 0 Å². The summed E-state index contributed by atoms with van der Waals surface area (Å²) in [5.74, 6) is 0. The van der Waals surface area contributed by atoms with Gasteiger partial charge in [0, 0.05) is 0 Å². The van der Waals surface area contributed by atoms with Crippen LogP contribution in [0.4, 0.5) is 0 Å². The molecule has 0 aromatic heterocycles. The quantitative estimate of drug-likeness (QED) is 0.675. The molecule has 0 fully saturated rings. The summed E-state index contributed by atoms with van der Waals surface area (Å²) in [5.41, 5.74) is 3.35. The van der Waals surface area contributed by atoms with Crippen LogP contribution in [-0.4, -0.2) is 8.07 Å². The normalized spacial score (nSPS) is 12.9. The summed E-state index contributed by atoms with van der Waals surface area (Å²) < 4.78 is 0. The highest BCUT2D eigenvalue weighted by molar-refractivity contribution is 6.88. The van der Waals surface area contributed by atoms with Gasteiger partial charge in [-0.25, -0.2) is 0 Å². The van der Waals surface area contributed by atoms with Gasteiger partial charge >= 0.3 is 0 Å². The summed E-state index contributed by atoms with van der Waals surface area (Å²) in [7, 11) is -1.16. The monoisotopic (exact) mass is 234 g/mol. The van der Waals surface area contributed by atoms with Crippen molar-refractivity contribution in [1.82, 2.24) is 0 Å². The van der Waals surface area contributed by atoms with Gasteiger partial charge in [-0.15, -0.1) is 0 Å². The molecule has 0 aliphatic rings. The highest BCUT2D eigenvalue weighted by atomic mass is 28.3. The molecule has 0 saturated carbocycles. The van der Waals surface area contributed by atoms with Crippen LogP contribution in [0.2, 0.25) is 19.6 Å². The van der Waals surface area contributed by atoms with E-state index in [4.69, 9.17) is 0 Å². The molecule has 1 heteroatoms. The van der Waals surface area contributed by atoms with Crippen LogP contribution in [0.1, 0.15) is 31.9 Å². The molecule has 0 N–H and O–H groups in total. The van der Waals surface area contributed by atoms with E-state index in [1.807, 2.05) is 0 Å². The third kappa shape index (κ3) is 3.78. The largest absolute Gasteiger partial charge is 0.0776 e. The van der Waals surface area contributed by atoms with E-state index in [1.165, 1.54) is 17.5 Å². The molecule has 90 valence electrons. The highest BCUT2D eigenvalue weighted by Gasteiger charge is 2.19. The van der Waals surface area contributed by atoms with E-state index in [9.17, 15) is 0 Å². The van der Waals surface area contributed by atoms with Crippen LogP contribution in [0, 0.1) is 12.3 Å². The molecule has 1 aromatic carbocycles. The van der Waals surface area contributed by atoms with E-state index in [2.05, 4.69) is 65.5 Å². The summed E-state index contributed by atoms with van der Waals surface area (Å²) >= 11 is 0. The van der Waals surface area contributed by atoms with Crippen molar-refractivity contribution >= 4 is 13.3 Å². The number of hydrogen-bond acceptors (Lipinski definition) is 0. The average Bonchev–Trinajstić information content (AvgIpc) is 2.04. The number of hydrogen-bond donors (Lipinski definition) is 0. The highest BCUT2D eigenvalue weighted by Crippen LogP contribution is 2.22. The first kappa shape index (κ1) is 13.5. The Balaban J connectivity index is 3.10. The van der Waals surface area contributed by atoms with Crippen molar-refractivity contribution in [1.29, 1.82) is 0 Å². The molecule has 0 spiro atoms. The van der Waals surface area contributed by atoms with Crippen molar-refractivity contribution in [3.05, 3.63) is 29.3 Å². The summed E-state index contributed by atoms with van der Waals surface area (Å²) in [6.45, 7) is 16.4. The zero-order chi connectivity index (χ0) is 12.6. The minimum atomic E-state index is -1.16. The molecule has 0 bridgehead atoms. The second-order valence-corrected chi connectivity index (χ2v) is 12.2. The first-order valence-corrected chi connectivity index (χ1v) is 9.70. The van der Waals surface area contributed by atoms with Gasteiger partial charge in [-0.05, 0) is 29.9 Å². The standard InChI is InChI=1S/C15H26Si/c1-12-8-9-14(16(5,6)7)10-13(12)11-15(2,3)4/h8-10H,11H2,1-7H3. The Bertz CT molecular complexity index is 364. The molecule has 1 rings (SSSR count). The van der Waals surface area contributed by atoms with Crippen molar-refractivity contribution in [2.24, 2.45) is 5.41 Å². The van der Waals surface area contributed by atoms with Gasteiger partial charge in [0.1, 0.15) is 0 Å². The lowest BCUT2D eigenvalue weighted by Crippen LogP contribution is -2.38. The predicted octanol–water partition coefficient (Wildman–Crippen LogP) is 4.13. The Hall–Kier alpha value is -0.563. The fourth-order valence-corrected chi connectivity index (χ4v) is 3.09. The molecule has 1 aromatic rings. The van der Waals surface area contributed by atoms with E-state index in [0.29, 0.717) is 5.41 Å². The van der Waals surface area contributed by atoms with Crippen molar-refractivity contribution in [3.8, 4) is 0 Å². The zero-order valence-corrected chi connectivity index (χ0v) is 12.9. The van der Waals surface area contributed by atoms with Crippen LogP contribution in [-0.2, 0) is 6.42 Å². The Morgan fingerprint density at radius 3 is 2.06 bits per heavy atom. The fraction of sp³-hybridized carbons (Fsp3) is 0.600. The lowest BCUT2D eigenvalue weighted by Gasteiger charge is -2.23. The van der Waals surface area contributed by atoms with E-state index in [1.54, 1.807) is 5.19 Å². The Labute approximate surface area is 102 Å². The summed E-state index contributed by atoms with van der Waals surface area (Å²) in [4.78, 5) is 0. The molecular formula is C15H26Si. The molecule has 0 heterocycles. The maximum absolute atomic E-state index is 2.45. The molecule has 0 aliphatic carbocycles. The van der Waals surface area contributed by atoms with Gasteiger partial charge < -0.3 is 0 Å². The van der Waals surface area contributed by atoms with Gasteiger partial charge in [-0.2, -0.15) is 0 Å². The molecule has 0 aliphatic heterocycles. The smallest absolute Gasteiger partial charge is 0.0656 e. The maximum Gasteiger partial charge on any atom is 0.0776 e. The predicted molar refractivity (Wildman–Crippen MR) is 77.3 cm³/mol. The van der Waals surface area contributed by atoms with Crippen LogP contribution in [0.3, 0.4) is 0 Å². The van der Waals surface area contributed by atoms with Crippen LogP contribution < -0.4 is 5.19 Å². The molecule has 0 saturated heterocycles. The van der Waals surface area contributed by atoms with E-state index in [-0.39, 0.29) is 0 Å². The van der Waals surface area contributed by atoms with Gasteiger partial charge in [0.2, 0.25) is 0 Å². The van der Waals surface area contributed by atoms with Crippen LogP contribution >= 0.6 is 0 Å². The van der Waals surface area contributed by atoms with Gasteiger partial charge in [-0.1, -0.05) is 63.8 Å². The minimum absolute atomic E-state index is 0.378. The molecule has 16 heavy (non-hydrogen) atoms. The SMILES string of the molecule is Cc1ccc([Si](C)(C)C)cc1CC(C)(C)C. The second-order valence-electron chi connectivity index (χ2n) is 7.13.